The number of carbonyl (C=O) groups is 1. The third-order valence-corrected chi connectivity index (χ3v) is 6.40. The molecule has 4 saturated carbocycles. The molecule has 0 aliphatic heterocycles. The van der Waals surface area contributed by atoms with Crippen LogP contribution in [0.2, 0.25) is 0 Å². The predicted octanol–water partition coefficient (Wildman–Crippen LogP) is 2.01. The number of carbonyl (C=O) groups excluding carboxylic acids is 1. The molecule has 6 heteroatoms. The van der Waals surface area contributed by atoms with Crippen LogP contribution in [0.5, 0.6) is 0 Å². The molecule has 4 unspecified atom stereocenters. The maximum atomic E-state index is 11.9. The number of aromatic nitrogens is 2. The summed E-state index contributed by atoms with van der Waals surface area (Å²) in [6.07, 6.45) is 8.42. The van der Waals surface area contributed by atoms with Gasteiger partial charge in [-0.1, -0.05) is 0 Å². The van der Waals surface area contributed by atoms with E-state index in [0.29, 0.717) is 29.4 Å². The molecule has 6 nitrogen and oxygen atoms in total. The van der Waals surface area contributed by atoms with Gasteiger partial charge in [-0.25, -0.2) is 4.98 Å². The van der Waals surface area contributed by atoms with E-state index >= 15 is 0 Å². The topological polar surface area (TPSA) is 104 Å². The fourth-order valence-corrected chi connectivity index (χ4v) is 5.73. The largest absolute Gasteiger partial charge is 0.390 e. The zero-order chi connectivity index (χ0) is 16.5. The summed E-state index contributed by atoms with van der Waals surface area (Å²) in [5.41, 5.74) is 7.10. The van der Waals surface area contributed by atoms with E-state index in [0.717, 1.165) is 36.0 Å². The van der Waals surface area contributed by atoms with Gasteiger partial charge >= 0.3 is 0 Å². The molecule has 1 amide bonds. The van der Waals surface area contributed by atoms with E-state index in [1.54, 1.807) is 6.20 Å². The van der Waals surface area contributed by atoms with Crippen molar-refractivity contribution in [2.24, 2.45) is 23.5 Å². The van der Waals surface area contributed by atoms with Crippen molar-refractivity contribution >= 4 is 22.6 Å². The van der Waals surface area contributed by atoms with Crippen LogP contribution < -0.4 is 11.1 Å². The van der Waals surface area contributed by atoms with E-state index in [9.17, 15) is 9.90 Å². The number of nitrogens with zero attached hydrogens (tertiary/aromatic N) is 1. The molecular formula is C18H22N4O2. The van der Waals surface area contributed by atoms with E-state index in [1.807, 2.05) is 12.3 Å². The van der Waals surface area contributed by atoms with Gasteiger partial charge in [0, 0.05) is 23.8 Å². The van der Waals surface area contributed by atoms with Gasteiger partial charge in [-0.2, -0.15) is 0 Å². The number of fused-ring (bicyclic) bond motifs is 1. The van der Waals surface area contributed by atoms with Crippen molar-refractivity contribution < 1.29 is 9.90 Å². The molecule has 6 rings (SSSR count). The molecule has 4 aliphatic carbocycles. The first-order valence-corrected chi connectivity index (χ1v) is 8.77. The zero-order valence-electron chi connectivity index (χ0n) is 13.5. The summed E-state index contributed by atoms with van der Waals surface area (Å²) < 4.78 is 0. The van der Waals surface area contributed by atoms with Gasteiger partial charge in [0.05, 0.1) is 16.9 Å². The quantitative estimate of drug-likeness (QED) is 0.692. The Morgan fingerprint density at radius 2 is 2.08 bits per heavy atom. The summed E-state index contributed by atoms with van der Waals surface area (Å²) in [6.45, 7) is 0. The van der Waals surface area contributed by atoms with Crippen molar-refractivity contribution in [3.63, 3.8) is 0 Å². The summed E-state index contributed by atoms with van der Waals surface area (Å²) in [5, 5.41) is 15.3. The second kappa shape index (κ2) is 4.72. The predicted molar refractivity (Wildman–Crippen MR) is 90.5 cm³/mol. The van der Waals surface area contributed by atoms with Crippen LogP contribution in [0.4, 0.5) is 5.69 Å². The average molecular weight is 326 g/mol. The van der Waals surface area contributed by atoms with E-state index < -0.39 is 11.5 Å². The Bertz CT molecular complexity index is 814. The van der Waals surface area contributed by atoms with Crippen LogP contribution in [0.3, 0.4) is 0 Å². The van der Waals surface area contributed by atoms with Crippen LogP contribution in [-0.4, -0.2) is 32.6 Å². The number of hydrogen-bond donors (Lipinski definition) is 4. The van der Waals surface area contributed by atoms with Crippen LogP contribution in [0.15, 0.2) is 18.5 Å². The summed E-state index contributed by atoms with van der Waals surface area (Å²) in [6, 6.07) is 2.22. The van der Waals surface area contributed by atoms with Crippen LogP contribution in [-0.2, 0) is 0 Å². The standard InChI is InChI=1S/C18H22N4O2/c19-16(23)13-8-21-17-12(1-2-20-17)15(13)22-14-10-3-9-4-11(14)7-18(24,5-9)6-10/h1-2,8-11,14,24H,3-7H2,(H2,19,23)(H2,20,21,22)/t9?,10-,11?,14?,18?/m1/s1. The molecule has 0 radical (unpaired) electrons. The van der Waals surface area contributed by atoms with Crippen LogP contribution in [0.25, 0.3) is 11.0 Å². The number of H-pyrrole nitrogens is 1. The minimum Gasteiger partial charge on any atom is -0.390 e. The number of anilines is 1. The molecule has 0 spiro atoms. The molecule has 0 aromatic carbocycles. The highest BCUT2D eigenvalue weighted by Gasteiger charge is 2.54. The molecule has 2 heterocycles. The zero-order valence-corrected chi connectivity index (χ0v) is 13.5. The maximum absolute atomic E-state index is 11.9. The Kier molecular flexibility index (Phi) is 2.81. The maximum Gasteiger partial charge on any atom is 0.252 e. The van der Waals surface area contributed by atoms with Crippen LogP contribution in [0, 0.1) is 17.8 Å². The second-order valence-electron chi connectivity index (χ2n) is 8.02. The Morgan fingerprint density at radius 1 is 1.33 bits per heavy atom. The minimum atomic E-state index is -0.462. The van der Waals surface area contributed by atoms with E-state index in [-0.39, 0.29) is 0 Å². The summed E-state index contributed by atoms with van der Waals surface area (Å²) in [7, 11) is 0. The van der Waals surface area contributed by atoms with Gasteiger partial charge in [0.2, 0.25) is 0 Å². The van der Waals surface area contributed by atoms with Gasteiger partial charge in [-0.3, -0.25) is 4.79 Å². The third-order valence-electron chi connectivity index (χ3n) is 6.40. The molecule has 4 bridgehead atoms. The summed E-state index contributed by atoms with van der Waals surface area (Å²) >= 11 is 0. The molecule has 4 fully saturated rings. The minimum absolute atomic E-state index is 0.292. The molecule has 5 atom stereocenters. The number of hydrogen-bond acceptors (Lipinski definition) is 4. The molecular weight excluding hydrogens is 304 g/mol. The van der Waals surface area contributed by atoms with Gasteiger partial charge in [0.15, 0.2) is 0 Å². The highest BCUT2D eigenvalue weighted by atomic mass is 16.3. The number of aromatic amines is 1. The first kappa shape index (κ1) is 14.3. The SMILES string of the molecule is NC(=O)c1cnc2[nH]ccc2c1NC1C2CC3C[C@@H]1CC(O)(C3)C2. The highest BCUT2D eigenvalue weighted by molar-refractivity contribution is 6.06. The van der Waals surface area contributed by atoms with Gasteiger partial charge in [0.25, 0.3) is 5.91 Å². The highest BCUT2D eigenvalue weighted by Crippen LogP contribution is 2.56. The van der Waals surface area contributed by atoms with Crippen molar-refractivity contribution in [3.8, 4) is 0 Å². The number of amides is 1. The number of rotatable bonds is 3. The number of nitrogens with two attached hydrogens (primary N) is 1. The van der Waals surface area contributed by atoms with Gasteiger partial charge in [0.1, 0.15) is 5.65 Å². The molecule has 2 aromatic heterocycles. The summed E-state index contributed by atoms with van der Waals surface area (Å²) in [5.74, 6) is 1.12. The number of aliphatic hydroxyl groups is 1. The molecule has 2 aromatic rings. The molecule has 126 valence electrons. The van der Waals surface area contributed by atoms with E-state index in [4.69, 9.17) is 5.73 Å². The van der Waals surface area contributed by atoms with Gasteiger partial charge in [-0.05, 0) is 55.9 Å². The lowest BCUT2D eigenvalue weighted by atomic mass is 9.52. The lowest BCUT2D eigenvalue weighted by Crippen LogP contribution is -2.59. The van der Waals surface area contributed by atoms with Crippen molar-refractivity contribution in [1.29, 1.82) is 0 Å². The molecule has 4 aliphatic rings. The fourth-order valence-electron chi connectivity index (χ4n) is 5.73. The number of primary amides is 1. The Hall–Kier alpha value is -2.08. The first-order valence-electron chi connectivity index (χ1n) is 8.77. The van der Waals surface area contributed by atoms with Crippen molar-refractivity contribution in [3.05, 3.63) is 24.0 Å². The Balaban J connectivity index is 1.54. The Labute approximate surface area is 139 Å². The monoisotopic (exact) mass is 326 g/mol. The smallest absolute Gasteiger partial charge is 0.252 e. The van der Waals surface area contributed by atoms with Gasteiger partial charge in [-0.15, -0.1) is 0 Å². The van der Waals surface area contributed by atoms with Crippen molar-refractivity contribution in [1.82, 2.24) is 9.97 Å². The van der Waals surface area contributed by atoms with Crippen LogP contribution in [0.1, 0.15) is 42.5 Å². The van der Waals surface area contributed by atoms with E-state index in [1.165, 1.54) is 12.8 Å². The van der Waals surface area contributed by atoms with Crippen molar-refractivity contribution in [2.45, 2.75) is 43.7 Å². The average Bonchev–Trinajstić information content (AvgIpc) is 2.97. The molecule has 0 saturated heterocycles. The van der Waals surface area contributed by atoms with Crippen molar-refractivity contribution in [2.75, 3.05) is 5.32 Å². The number of nitrogens with one attached hydrogen (secondary N) is 2. The normalized spacial score (nSPS) is 37.0. The number of pyridine rings is 1. The van der Waals surface area contributed by atoms with Gasteiger partial charge < -0.3 is 21.1 Å². The fraction of sp³-hybridized carbons (Fsp3) is 0.556. The Morgan fingerprint density at radius 3 is 2.75 bits per heavy atom. The summed E-state index contributed by atoms with van der Waals surface area (Å²) in [4.78, 5) is 19.3. The lowest BCUT2D eigenvalue weighted by Gasteiger charge is -2.58. The first-order chi connectivity index (χ1) is 11.5. The third kappa shape index (κ3) is 1.99. The lowest BCUT2D eigenvalue weighted by molar-refractivity contribution is -0.129. The van der Waals surface area contributed by atoms with Crippen LogP contribution >= 0.6 is 0 Å². The molecule has 24 heavy (non-hydrogen) atoms. The molecule has 5 N–H and O–H groups in total. The second-order valence-corrected chi connectivity index (χ2v) is 8.02. The van der Waals surface area contributed by atoms with E-state index in [2.05, 4.69) is 15.3 Å².